The van der Waals surface area contributed by atoms with Crippen molar-refractivity contribution in [1.29, 1.82) is 0 Å². The van der Waals surface area contributed by atoms with Gasteiger partial charge in [0.05, 0.1) is 0 Å². The molecule has 0 spiro atoms. The summed E-state index contributed by atoms with van der Waals surface area (Å²) >= 11 is 0. The fourth-order valence-electron chi connectivity index (χ4n) is 3.00. The second-order valence-corrected chi connectivity index (χ2v) is 6.04. The molecule has 5 heteroatoms. The van der Waals surface area contributed by atoms with Crippen LogP contribution in [0.4, 0.5) is 10.1 Å². The number of benzene rings is 1. The number of rotatable bonds is 5. The van der Waals surface area contributed by atoms with Crippen LogP contribution in [0.25, 0.3) is 0 Å². The zero-order chi connectivity index (χ0) is 16.2. The Hall–Kier alpha value is -2.30. The third kappa shape index (κ3) is 3.73. The van der Waals surface area contributed by atoms with Crippen LogP contribution in [0.5, 0.6) is 0 Å². The average molecular weight is 315 g/mol. The second kappa shape index (κ2) is 6.86. The van der Waals surface area contributed by atoms with Gasteiger partial charge in [0, 0.05) is 31.0 Å². The van der Waals surface area contributed by atoms with Crippen LogP contribution >= 0.6 is 0 Å². The molecule has 4 nitrogen and oxygen atoms in total. The summed E-state index contributed by atoms with van der Waals surface area (Å²) in [5.41, 5.74) is 2.73. The predicted octanol–water partition coefficient (Wildman–Crippen LogP) is 2.97. The van der Waals surface area contributed by atoms with Crippen LogP contribution in [0.3, 0.4) is 0 Å². The van der Waals surface area contributed by atoms with Gasteiger partial charge in [0.1, 0.15) is 11.5 Å². The van der Waals surface area contributed by atoms with Crippen molar-refractivity contribution in [2.45, 2.75) is 19.8 Å². The molecule has 3 rings (SSSR count). The van der Waals surface area contributed by atoms with Gasteiger partial charge < -0.3 is 15.2 Å². The first kappa shape index (κ1) is 15.6. The highest BCUT2D eigenvalue weighted by Gasteiger charge is 2.23. The number of amides is 1. The van der Waals surface area contributed by atoms with E-state index in [4.69, 9.17) is 0 Å². The number of aryl methyl sites for hydroxylation is 1. The molecule has 0 radical (unpaired) electrons. The first-order valence-corrected chi connectivity index (χ1v) is 8.12. The predicted molar refractivity (Wildman–Crippen MR) is 89.2 cm³/mol. The van der Waals surface area contributed by atoms with E-state index in [-0.39, 0.29) is 11.7 Å². The summed E-state index contributed by atoms with van der Waals surface area (Å²) in [5, 5.41) is 3.00. The summed E-state index contributed by atoms with van der Waals surface area (Å²) in [6.45, 7) is 4.54. The van der Waals surface area contributed by atoms with Crippen molar-refractivity contribution in [3.63, 3.8) is 0 Å². The van der Waals surface area contributed by atoms with Gasteiger partial charge in [-0.25, -0.2) is 4.39 Å². The zero-order valence-electron chi connectivity index (χ0n) is 13.3. The van der Waals surface area contributed by atoms with E-state index in [1.165, 1.54) is 12.1 Å². The van der Waals surface area contributed by atoms with Crippen LogP contribution in [-0.2, 0) is 6.42 Å². The molecular formula is C18H22FN3O. The number of nitrogens with zero attached hydrogens (tertiary/aromatic N) is 1. The smallest absolute Gasteiger partial charge is 0.267 e. The van der Waals surface area contributed by atoms with Gasteiger partial charge in [-0.15, -0.1) is 0 Å². The first-order chi connectivity index (χ1) is 11.2. The number of nitrogens with one attached hydrogen (secondary N) is 2. The molecule has 2 heterocycles. The summed E-state index contributed by atoms with van der Waals surface area (Å²) in [7, 11) is 0. The number of carbonyl (C=O) groups excluding carboxylic acids is 1. The van der Waals surface area contributed by atoms with Crippen molar-refractivity contribution in [3.8, 4) is 0 Å². The molecule has 1 aromatic carbocycles. The van der Waals surface area contributed by atoms with Crippen molar-refractivity contribution in [2.75, 3.05) is 24.5 Å². The zero-order valence-corrected chi connectivity index (χ0v) is 13.3. The molecule has 1 saturated heterocycles. The van der Waals surface area contributed by atoms with Crippen LogP contribution in [0.2, 0.25) is 0 Å². The fourth-order valence-corrected chi connectivity index (χ4v) is 3.00. The van der Waals surface area contributed by atoms with Gasteiger partial charge in [-0.1, -0.05) is 6.92 Å². The lowest BCUT2D eigenvalue weighted by atomic mass is 10.1. The van der Waals surface area contributed by atoms with Crippen molar-refractivity contribution < 1.29 is 9.18 Å². The molecule has 23 heavy (non-hydrogen) atoms. The Balaban J connectivity index is 1.50. The minimum atomic E-state index is -0.214. The number of halogens is 1. The monoisotopic (exact) mass is 315 g/mol. The highest BCUT2D eigenvalue weighted by Crippen LogP contribution is 2.23. The van der Waals surface area contributed by atoms with Crippen LogP contribution in [0.15, 0.2) is 36.4 Å². The Morgan fingerprint density at radius 3 is 2.78 bits per heavy atom. The molecule has 1 fully saturated rings. The number of anilines is 1. The topological polar surface area (TPSA) is 48.1 Å². The molecule has 0 aliphatic carbocycles. The summed E-state index contributed by atoms with van der Waals surface area (Å²) in [4.78, 5) is 17.5. The Bertz CT molecular complexity index is 665. The van der Waals surface area contributed by atoms with Crippen LogP contribution in [0.1, 0.15) is 29.5 Å². The molecule has 122 valence electrons. The number of hydrogen-bond donors (Lipinski definition) is 2. The molecular weight excluding hydrogens is 293 g/mol. The summed E-state index contributed by atoms with van der Waals surface area (Å²) in [6.07, 6.45) is 1.92. The number of aromatic nitrogens is 1. The first-order valence-electron chi connectivity index (χ1n) is 8.12. The maximum Gasteiger partial charge on any atom is 0.267 e. The molecule has 0 bridgehead atoms. The lowest BCUT2D eigenvalue weighted by molar-refractivity contribution is 0.0943. The normalized spacial score (nSPS) is 17.5. The van der Waals surface area contributed by atoms with Gasteiger partial charge in [0.2, 0.25) is 0 Å². The van der Waals surface area contributed by atoms with Crippen molar-refractivity contribution in [1.82, 2.24) is 10.3 Å². The summed E-state index contributed by atoms with van der Waals surface area (Å²) in [5.74, 6) is 0.156. The third-order valence-electron chi connectivity index (χ3n) is 4.40. The number of carbonyl (C=O) groups is 1. The van der Waals surface area contributed by atoms with Gasteiger partial charge in [-0.3, -0.25) is 4.79 Å². The molecule has 2 aromatic rings. The Morgan fingerprint density at radius 2 is 2.09 bits per heavy atom. The van der Waals surface area contributed by atoms with E-state index < -0.39 is 0 Å². The van der Waals surface area contributed by atoms with E-state index >= 15 is 0 Å². The summed E-state index contributed by atoms with van der Waals surface area (Å²) in [6, 6.07) is 10.4. The average Bonchev–Trinajstić information content (AvgIpc) is 3.22. The Morgan fingerprint density at radius 1 is 1.30 bits per heavy atom. The quantitative estimate of drug-likeness (QED) is 0.891. The molecule has 0 saturated carbocycles. The van der Waals surface area contributed by atoms with E-state index in [2.05, 4.69) is 22.1 Å². The fraction of sp³-hybridized carbons (Fsp3) is 0.389. The molecule has 1 amide bonds. The highest BCUT2D eigenvalue weighted by molar-refractivity contribution is 5.92. The lowest BCUT2D eigenvalue weighted by Gasteiger charge is -2.18. The van der Waals surface area contributed by atoms with Crippen LogP contribution in [0, 0.1) is 11.7 Å². The Labute approximate surface area is 135 Å². The molecule has 1 aromatic heterocycles. The molecule has 1 aliphatic rings. The number of H-pyrrole nitrogens is 1. The highest BCUT2D eigenvalue weighted by atomic mass is 19.1. The Kier molecular flexibility index (Phi) is 4.65. The number of aromatic amines is 1. The van der Waals surface area contributed by atoms with Gasteiger partial charge in [0.25, 0.3) is 5.91 Å². The maximum atomic E-state index is 13.0. The van der Waals surface area contributed by atoms with E-state index in [1.807, 2.05) is 24.3 Å². The minimum absolute atomic E-state index is 0.0510. The SMILES string of the molecule is CCc1ccc(C(=O)NC[C@@H]2CCN(c3ccc(F)cc3)C2)[nH]1. The van der Waals surface area contributed by atoms with E-state index in [0.717, 1.165) is 37.3 Å². The van der Waals surface area contributed by atoms with Gasteiger partial charge >= 0.3 is 0 Å². The van der Waals surface area contributed by atoms with Gasteiger partial charge in [-0.05, 0) is 55.2 Å². The van der Waals surface area contributed by atoms with E-state index in [9.17, 15) is 9.18 Å². The van der Waals surface area contributed by atoms with Crippen LogP contribution < -0.4 is 10.2 Å². The third-order valence-corrected chi connectivity index (χ3v) is 4.40. The van der Waals surface area contributed by atoms with E-state index in [1.54, 1.807) is 0 Å². The lowest BCUT2D eigenvalue weighted by Crippen LogP contribution is -2.31. The standard InChI is InChI=1S/C18H22FN3O/c1-2-15-5-8-17(21-15)18(23)20-11-13-9-10-22(12-13)16-6-3-14(19)4-7-16/h3-8,13,21H,2,9-12H2,1H3,(H,20,23)/t13-/m0/s1. The molecule has 0 unspecified atom stereocenters. The maximum absolute atomic E-state index is 13.0. The van der Waals surface area contributed by atoms with Crippen molar-refractivity contribution in [2.24, 2.45) is 5.92 Å². The van der Waals surface area contributed by atoms with Gasteiger partial charge in [-0.2, -0.15) is 0 Å². The second-order valence-electron chi connectivity index (χ2n) is 6.04. The number of hydrogen-bond acceptors (Lipinski definition) is 2. The molecule has 1 atom stereocenters. The van der Waals surface area contributed by atoms with E-state index in [0.29, 0.717) is 18.2 Å². The summed E-state index contributed by atoms with van der Waals surface area (Å²) < 4.78 is 13.0. The van der Waals surface area contributed by atoms with Crippen molar-refractivity contribution in [3.05, 3.63) is 53.6 Å². The molecule has 1 aliphatic heterocycles. The molecule has 2 N–H and O–H groups in total. The minimum Gasteiger partial charge on any atom is -0.371 e. The van der Waals surface area contributed by atoms with Crippen molar-refractivity contribution >= 4 is 11.6 Å². The van der Waals surface area contributed by atoms with Gasteiger partial charge in [0.15, 0.2) is 0 Å². The van der Waals surface area contributed by atoms with Crippen LogP contribution in [-0.4, -0.2) is 30.5 Å². The largest absolute Gasteiger partial charge is 0.371 e.